The lowest BCUT2D eigenvalue weighted by molar-refractivity contribution is 0.0305. The molecule has 23 heavy (non-hydrogen) atoms. The zero-order valence-electron chi connectivity index (χ0n) is 13.2. The molecule has 1 aliphatic heterocycles. The summed E-state index contributed by atoms with van der Waals surface area (Å²) in [6.45, 7) is 5.80. The van der Waals surface area contributed by atoms with Crippen LogP contribution in [0.15, 0.2) is 40.9 Å². The molecule has 1 aliphatic rings. The first-order valence-electron chi connectivity index (χ1n) is 7.84. The third-order valence-electron chi connectivity index (χ3n) is 3.92. The topological polar surface area (TPSA) is 67.6 Å². The molecule has 1 unspecified atom stereocenters. The van der Waals surface area contributed by atoms with Gasteiger partial charge in [0.25, 0.3) is 5.91 Å². The van der Waals surface area contributed by atoms with Crippen LogP contribution in [0, 0.1) is 0 Å². The van der Waals surface area contributed by atoms with E-state index in [0.29, 0.717) is 18.0 Å². The maximum atomic E-state index is 12.3. The Morgan fingerprint density at radius 1 is 1.30 bits per heavy atom. The highest BCUT2D eigenvalue weighted by Gasteiger charge is 2.18. The number of nitrogens with one attached hydrogen (secondary N) is 1. The Balaban J connectivity index is 1.57. The van der Waals surface area contributed by atoms with Crippen LogP contribution in [0.1, 0.15) is 34.8 Å². The zero-order valence-corrected chi connectivity index (χ0v) is 13.2. The molecular formula is C17H21N3O3. The van der Waals surface area contributed by atoms with E-state index in [1.807, 2.05) is 37.3 Å². The van der Waals surface area contributed by atoms with Gasteiger partial charge in [-0.05, 0) is 12.5 Å². The summed E-state index contributed by atoms with van der Waals surface area (Å²) in [5, 5.41) is 6.82. The summed E-state index contributed by atoms with van der Waals surface area (Å²) >= 11 is 0. The minimum atomic E-state index is -0.224. The molecule has 122 valence electrons. The molecule has 2 aromatic rings. The van der Waals surface area contributed by atoms with Crippen molar-refractivity contribution >= 4 is 5.91 Å². The summed E-state index contributed by atoms with van der Waals surface area (Å²) in [5.41, 5.74) is 1.37. The Morgan fingerprint density at radius 3 is 2.78 bits per heavy atom. The van der Waals surface area contributed by atoms with Crippen LogP contribution < -0.4 is 5.32 Å². The van der Waals surface area contributed by atoms with E-state index in [9.17, 15) is 4.79 Å². The van der Waals surface area contributed by atoms with Gasteiger partial charge in [-0.15, -0.1) is 0 Å². The fraction of sp³-hybridized carbons (Fsp3) is 0.412. The van der Waals surface area contributed by atoms with Gasteiger partial charge in [0.1, 0.15) is 0 Å². The van der Waals surface area contributed by atoms with Gasteiger partial charge in [-0.2, -0.15) is 0 Å². The summed E-state index contributed by atoms with van der Waals surface area (Å²) in [4.78, 5) is 14.5. The fourth-order valence-corrected chi connectivity index (χ4v) is 2.57. The number of hydrogen-bond donors (Lipinski definition) is 1. The minimum Gasteiger partial charge on any atom is -0.379 e. The molecule has 1 N–H and O–H groups in total. The molecule has 1 saturated heterocycles. The predicted molar refractivity (Wildman–Crippen MR) is 84.9 cm³/mol. The molecule has 1 aromatic carbocycles. The van der Waals surface area contributed by atoms with Gasteiger partial charge < -0.3 is 14.6 Å². The van der Waals surface area contributed by atoms with Crippen LogP contribution in [0.4, 0.5) is 0 Å². The van der Waals surface area contributed by atoms with E-state index in [2.05, 4.69) is 15.4 Å². The first kappa shape index (κ1) is 15.7. The van der Waals surface area contributed by atoms with Crippen molar-refractivity contribution in [2.45, 2.75) is 19.5 Å². The van der Waals surface area contributed by atoms with Crippen LogP contribution in [0.2, 0.25) is 0 Å². The SMILES string of the molecule is CC(NC(=O)c1cc(CN2CCOCC2)on1)c1ccccc1. The molecule has 3 rings (SSSR count). The number of carbonyl (C=O) groups is 1. The lowest BCUT2D eigenvalue weighted by Crippen LogP contribution is -2.35. The first-order valence-corrected chi connectivity index (χ1v) is 7.84. The molecule has 6 nitrogen and oxygen atoms in total. The van der Waals surface area contributed by atoms with Crippen LogP contribution in [-0.4, -0.2) is 42.3 Å². The molecular weight excluding hydrogens is 294 g/mol. The lowest BCUT2D eigenvalue weighted by Gasteiger charge is -2.25. The van der Waals surface area contributed by atoms with Gasteiger partial charge in [0, 0.05) is 19.2 Å². The molecule has 1 amide bonds. The van der Waals surface area contributed by atoms with Gasteiger partial charge in [-0.3, -0.25) is 9.69 Å². The Hall–Kier alpha value is -2.18. The second kappa shape index (κ2) is 7.39. The Morgan fingerprint density at radius 2 is 2.04 bits per heavy atom. The standard InChI is InChI=1S/C17H21N3O3/c1-13(14-5-3-2-4-6-14)18-17(21)16-11-15(23-19-16)12-20-7-9-22-10-8-20/h2-6,11,13H,7-10,12H2,1H3,(H,18,21). The monoisotopic (exact) mass is 315 g/mol. The van der Waals surface area contributed by atoms with Gasteiger partial charge in [0.15, 0.2) is 11.5 Å². The van der Waals surface area contributed by atoms with E-state index in [-0.39, 0.29) is 11.9 Å². The minimum absolute atomic E-state index is 0.0805. The van der Waals surface area contributed by atoms with Gasteiger partial charge in [0.05, 0.1) is 25.8 Å². The number of hydrogen-bond acceptors (Lipinski definition) is 5. The molecule has 0 aliphatic carbocycles. The first-order chi connectivity index (χ1) is 11.2. The maximum Gasteiger partial charge on any atom is 0.273 e. The second-order valence-corrected chi connectivity index (χ2v) is 5.67. The molecule has 2 heterocycles. The number of rotatable bonds is 5. The molecule has 1 aromatic heterocycles. The third kappa shape index (κ3) is 4.18. The lowest BCUT2D eigenvalue weighted by atomic mass is 10.1. The highest BCUT2D eigenvalue weighted by Crippen LogP contribution is 2.13. The summed E-state index contributed by atoms with van der Waals surface area (Å²) in [5.74, 6) is 0.475. The van der Waals surface area contributed by atoms with Crippen LogP contribution >= 0.6 is 0 Å². The van der Waals surface area contributed by atoms with E-state index in [1.54, 1.807) is 6.07 Å². The predicted octanol–water partition coefficient (Wildman–Crippen LogP) is 2.00. The van der Waals surface area contributed by atoms with Crippen molar-refractivity contribution in [3.8, 4) is 0 Å². The largest absolute Gasteiger partial charge is 0.379 e. The number of ether oxygens (including phenoxy) is 1. The summed E-state index contributed by atoms with van der Waals surface area (Å²) in [6, 6.07) is 11.5. The van der Waals surface area contributed by atoms with E-state index < -0.39 is 0 Å². The number of aromatic nitrogens is 1. The Kier molecular flexibility index (Phi) is 5.05. The number of carbonyl (C=O) groups excluding carboxylic acids is 1. The highest BCUT2D eigenvalue weighted by atomic mass is 16.5. The zero-order chi connectivity index (χ0) is 16.1. The quantitative estimate of drug-likeness (QED) is 0.914. The van der Waals surface area contributed by atoms with Crippen LogP contribution in [0.3, 0.4) is 0 Å². The van der Waals surface area contributed by atoms with Crippen molar-refractivity contribution in [2.75, 3.05) is 26.3 Å². The van der Waals surface area contributed by atoms with Crippen LogP contribution in [0.5, 0.6) is 0 Å². The summed E-state index contributed by atoms with van der Waals surface area (Å²) in [6.07, 6.45) is 0. The van der Waals surface area contributed by atoms with Gasteiger partial charge in [0.2, 0.25) is 0 Å². The van der Waals surface area contributed by atoms with Crippen molar-refractivity contribution in [2.24, 2.45) is 0 Å². The van der Waals surface area contributed by atoms with Crippen molar-refractivity contribution in [1.29, 1.82) is 0 Å². The summed E-state index contributed by atoms with van der Waals surface area (Å²) < 4.78 is 10.6. The van der Waals surface area contributed by atoms with Crippen LogP contribution in [0.25, 0.3) is 0 Å². The van der Waals surface area contributed by atoms with E-state index in [4.69, 9.17) is 9.26 Å². The molecule has 0 spiro atoms. The Labute approximate surface area is 135 Å². The van der Waals surface area contributed by atoms with Crippen molar-refractivity contribution in [3.63, 3.8) is 0 Å². The van der Waals surface area contributed by atoms with E-state index >= 15 is 0 Å². The molecule has 6 heteroatoms. The number of benzene rings is 1. The number of morpholine rings is 1. The maximum absolute atomic E-state index is 12.3. The second-order valence-electron chi connectivity index (χ2n) is 5.67. The normalized spacial score (nSPS) is 16.9. The van der Waals surface area contributed by atoms with Crippen molar-refractivity contribution in [3.05, 3.63) is 53.4 Å². The van der Waals surface area contributed by atoms with Crippen molar-refractivity contribution in [1.82, 2.24) is 15.4 Å². The third-order valence-corrected chi connectivity index (χ3v) is 3.92. The number of amides is 1. The Bertz CT molecular complexity index is 636. The smallest absolute Gasteiger partial charge is 0.273 e. The van der Waals surface area contributed by atoms with Gasteiger partial charge in [-0.1, -0.05) is 35.5 Å². The average molecular weight is 315 g/mol. The van der Waals surface area contributed by atoms with E-state index in [1.165, 1.54) is 0 Å². The van der Waals surface area contributed by atoms with Gasteiger partial charge in [-0.25, -0.2) is 0 Å². The van der Waals surface area contributed by atoms with Gasteiger partial charge >= 0.3 is 0 Å². The molecule has 0 saturated carbocycles. The average Bonchev–Trinajstić information content (AvgIpc) is 3.05. The molecule has 1 atom stereocenters. The molecule has 0 radical (unpaired) electrons. The fourth-order valence-electron chi connectivity index (χ4n) is 2.57. The highest BCUT2D eigenvalue weighted by molar-refractivity contribution is 5.92. The number of nitrogens with zero attached hydrogens (tertiary/aromatic N) is 2. The van der Waals surface area contributed by atoms with Crippen molar-refractivity contribution < 1.29 is 14.1 Å². The molecule has 0 bridgehead atoms. The van der Waals surface area contributed by atoms with Crippen LogP contribution in [-0.2, 0) is 11.3 Å². The molecule has 1 fully saturated rings. The summed E-state index contributed by atoms with van der Waals surface area (Å²) in [7, 11) is 0. The van der Waals surface area contributed by atoms with E-state index in [0.717, 1.165) is 31.9 Å².